The van der Waals surface area contributed by atoms with Crippen LogP contribution in [0.4, 0.5) is 0 Å². The van der Waals surface area contributed by atoms with Crippen LogP contribution in [0.15, 0.2) is 0 Å². The van der Waals surface area contributed by atoms with E-state index in [0.717, 1.165) is 39.1 Å². The Morgan fingerprint density at radius 1 is 1.56 bits per heavy atom. The quantitative estimate of drug-likeness (QED) is 0.768. The van der Waals surface area contributed by atoms with E-state index in [1.165, 1.54) is 19.4 Å². The van der Waals surface area contributed by atoms with Gasteiger partial charge in [0.2, 0.25) is 0 Å². The summed E-state index contributed by atoms with van der Waals surface area (Å²) >= 11 is 0. The Bertz CT molecular complexity index is 219. The molecule has 0 radical (unpaired) electrons. The maximum atomic E-state index is 6.05. The molecule has 0 bridgehead atoms. The van der Waals surface area contributed by atoms with E-state index in [-0.39, 0.29) is 5.60 Å². The van der Waals surface area contributed by atoms with Crippen LogP contribution in [-0.2, 0) is 9.47 Å². The van der Waals surface area contributed by atoms with E-state index in [2.05, 4.69) is 4.90 Å². The van der Waals surface area contributed by atoms with Gasteiger partial charge in [0.05, 0.1) is 11.7 Å². The molecule has 0 aromatic rings. The summed E-state index contributed by atoms with van der Waals surface area (Å²) in [7, 11) is 1.81. The lowest BCUT2D eigenvalue weighted by Crippen LogP contribution is -2.54. The third-order valence-corrected chi connectivity index (χ3v) is 3.84. The van der Waals surface area contributed by atoms with Crippen molar-refractivity contribution in [3.05, 3.63) is 0 Å². The SMILES string of the molecule is COC1CCOC2(CCCN(CCN)C2)C1. The largest absolute Gasteiger partial charge is 0.381 e. The Morgan fingerprint density at radius 3 is 3.19 bits per heavy atom. The van der Waals surface area contributed by atoms with Gasteiger partial charge >= 0.3 is 0 Å². The van der Waals surface area contributed by atoms with Gasteiger partial charge in [-0.2, -0.15) is 0 Å². The molecule has 2 saturated heterocycles. The number of methoxy groups -OCH3 is 1. The lowest BCUT2D eigenvalue weighted by molar-refractivity contribution is -0.152. The summed E-state index contributed by atoms with van der Waals surface area (Å²) in [4.78, 5) is 2.43. The van der Waals surface area contributed by atoms with Crippen LogP contribution in [0.25, 0.3) is 0 Å². The average molecular weight is 228 g/mol. The highest BCUT2D eigenvalue weighted by Crippen LogP contribution is 2.34. The zero-order chi connectivity index (χ0) is 11.4. The molecule has 2 atom stereocenters. The molecule has 0 saturated carbocycles. The molecule has 0 amide bonds. The van der Waals surface area contributed by atoms with Crippen LogP contribution in [0.3, 0.4) is 0 Å². The monoisotopic (exact) mass is 228 g/mol. The van der Waals surface area contributed by atoms with Gasteiger partial charge in [0.15, 0.2) is 0 Å². The van der Waals surface area contributed by atoms with E-state index in [4.69, 9.17) is 15.2 Å². The standard InChI is InChI=1S/C12H24N2O2/c1-15-11-3-8-16-12(9-11)4-2-6-14(10-12)7-5-13/h11H,2-10,13H2,1H3. The second kappa shape index (κ2) is 5.45. The fraction of sp³-hybridized carbons (Fsp3) is 1.00. The molecule has 4 heteroatoms. The number of nitrogens with zero attached hydrogens (tertiary/aromatic N) is 1. The molecular formula is C12H24N2O2. The highest BCUT2D eigenvalue weighted by molar-refractivity contribution is 4.93. The third kappa shape index (κ3) is 2.74. The van der Waals surface area contributed by atoms with Crippen molar-refractivity contribution in [1.82, 2.24) is 4.90 Å². The topological polar surface area (TPSA) is 47.7 Å². The smallest absolute Gasteiger partial charge is 0.0833 e. The number of ether oxygens (including phenoxy) is 2. The summed E-state index contributed by atoms with van der Waals surface area (Å²) < 4.78 is 11.5. The average Bonchev–Trinajstić information content (AvgIpc) is 2.29. The first-order valence-corrected chi connectivity index (χ1v) is 6.37. The zero-order valence-corrected chi connectivity index (χ0v) is 10.3. The van der Waals surface area contributed by atoms with E-state index < -0.39 is 0 Å². The summed E-state index contributed by atoms with van der Waals surface area (Å²) in [5.41, 5.74) is 5.67. The number of rotatable bonds is 3. The van der Waals surface area contributed by atoms with Crippen LogP contribution in [0.5, 0.6) is 0 Å². The van der Waals surface area contributed by atoms with Crippen molar-refractivity contribution >= 4 is 0 Å². The summed E-state index contributed by atoms with van der Waals surface area (Å²) in [6.45, 7) is 4.77. The molecule has 2 aliphatic heterocycles. The first-order chi connectivity index (χ1) is 7.78. The van der Waals surface area contributed by atoms with Gasteiger partial charge < -0.3 is 15.2 Å². The summed E-state index contributed by atoms with van der Waals surface area (Å²) in [6, 6.07) is 0. The Hall–Kier alpha value is -0.160. The number of likely N-dealkylation sites (tertiary alicyclic amines) is 1. The molecule has 2 unspecified atom stereocenters. The van der Waals surface area contributed by atoms with Gasteiger partial charge in [0, 0.05) is 39.8 Å². The molecule has 4 nitrogen and oxygen atoms in total. The van der Waals surface area contributed by atoms with Gasteiger partial charge in [-0.05, 0) is 25.8 Å². The Morgan fingerprint density at radius 2 is 2.44 bits per heavy atom. The van der Waals surface area contributed by atoms with Gasteiger partial charge in [0.1, 0.15) is 0 Å². The zero-order valence-electron chi connectivity index (χ0n) is 10.3. The predicted octanol–water partition coefficient (Wildman–Crippen LogP) is 0.605. The molecule has 0 aromatic heterocycles. The van der Waals surface area contributed by atoms with Gasteiger partial charge in [-0.15, -0.1) is 0 Å². The van der Waals surface area contributed by atoms with Crippen LogP contribution >= 0.6 is 0 Å². The highest BCUT2D eigenvalue weighted by atomic mass is 16.5. The van der Waals surface area contributed by atoms with Crippen LogP contribution in [-0.4, -0.2) is 56.5 Å². The van der Waals surface area contributed by atoms with Gasteiger partial charge in [-0.1, -0.05) is 0 Å². The molecule has 1 spiro atoms. The van der Waals surface area contributed by atoms with Crippen LogP contribution in [0.2, 0.25) is 0 Å². The third-order valence-electron chi connectivity index (χ3n) is 3.84. The van der Waals surface area contributed by atoms with E-state index in [9.17, 15) is 0 Å². The van der Waals surface area contributed by atoms with E-state index in [1.807, 2.05) is 7.11 Å². The normalized spacial score (nSPS) is 36.8. The van der Waals surface area contributed by atoms with E-state index in [0.29, 0.717) is 6.10 Å². The lowest BCUT2D eigenvalue weighted by Gasteiger charge is -2.46. The summed E-state index contributed by atoms with van der Waals surface area (Å²) in [6.07, 6.45) is 4.86. The maximum absolute atomic E-state index is 6.05. The van der Waals surface area contributed by atoms with Gasteiger partial charge in [-0.25, -0.2) is 0 Å². The van der Waals surface area contributed by atoms with Crippen LogP contribution < -0.4 is 5.73 Å². The number of hydrogen-bond donors (Lipinski definition) is 1. The van der Waals surface area contributed by atoms with E-state index >= 15 is 0 Å². The maximum Gasteiger partial charge on any atom is 0.0833 e. The first-order valence-electron chi connectivity index (χ1n) is 6.37. The summed E-state index contributed by atoms with van der Waals surface area (Å²) in [5, 5.41) is 0. The van der Waals surface area contributed by atoms with Gasteiger partial charge in [-0.3, -0.25) is 4.90 Å². The van der Waals surface area contributed by atoms with Crippen molar-refractivity contribution < 1.29 is 9.47 Å². The fourth-order valence-corrected chi connectivity index (χ4v) is 3.03. The molecule has 2 heterocycles. The van der Waals surface area contributed by atoms with Crippen molar-refractivity contribution in [3.8, 4) is 0 Å². The van der Waals surface area contributed by atoms with Crippen molar-refractivity contribution in [2.45, 2.75) is 37.4 Å². The minimum Gasteiger partial charge on any atom is -0.381 e. The molecule has 2 aliphatic rings. The Balaban J connectivity index is 1.94. The molecule has 94 valence electrons. The lowest BCUT2D eigenvalue weighted by atomic mass is 9.84. The van der Waals surface area contributed by atoms with Gasteiger partial charge in [0.25, 0.3) is 0 Å². The summed E-state index contributed by atoms with van der Waals surface area (Å²) in [5.74, 6) is 0. The fourth-order valence-electron chi connectivity index (χ4n) is 3.03. The minimum atomic E-state index is 0.0480. The Labute approximate surface area is 98.1 Å². The van der Waals surface area contributed by atoms with E-state index in [1.54, 1.807) is 0 Å². The number of piperidine rings is 1. The van der Waals surface area contributed by atoms with Crippen molar-refractivity contribution in [3.63, 3.8) is 0 Å². The number of nitrogens with two attached hydrogens (primary N) is 1. The molecule has 0 aliphatic carbocycles. The van der Waals surface area contributed by atoms with Crippen molar-refractivity contribution in [2.24, 2.45) is 5.73 Å². The highest BCUT2D eigenvalue weighted by Gasteiger charge is 2.40. The molecule has 2 fully saturated rings. The number of hydrogen-bond acceptors (Lipinski definition) is 4. The second-order valence-electron chi connectivity index (χ2n) is 5.05. The Kier molecular flexibility index (Phi) is 4.19. The van der Waals surface area contributed by atoms with Crippen molar-refractivity contribution in [2.75, 3.05) is 39.9 Å². The molecule has 0 aromatic carbocycles. The molecule has 2 rings (SSSR count). The second-order valence-corrected chi connectivity index (χ2v) is 5.05. The molecular weight excluding hydrogens is 204 g/mol. The molecule has 16 heavy (non-hydrogen) atoms. The van der Waals surface area contributed by atoms with Crippen molar-refractivity contribution in [1.29, 1.82) is 0 Å². The van der Waals surface area contributed by atoms with Crippen LogP contribution in [0.1, 0.15) is 25.7 Å². The van der Waals surface area contributed by atoms with Crippen LogP contribution in [0, 0.1) is 0 Å². The first kappa shape index (κ1) is 12.3. The predicted molar refractivity (Wildman–Crippen MR) is 63.4 cm³/mol. The minimum absolute atomic E-state index is 0.0480. The molecule has 2 N–H and O–H groups in total.